The zero-order valence-electron chi connectivity index (χ0n) is 13.7. The maximum atomic E-state index is 13.5. The molecule has 138 valence electrons. The van der Waals surface area contributed by atoms with Crippen LogP contribution in [0, 0.1) is 11.6 Å². The van der Waals surface area contributed by atoms with Gasteiger partial charge in [0.2, 0.25) is 0 Å². The first-order chi connectivity index (χ1) is 12.5. The number of ether oxygens (including phenoxy) is 1. The minimum Gasteiger partial charge on any atom is -0.480 e. The summed E-state index contributed by atoms with van der Waals surface area (Å²) in [6.07, 6.45) is -0.876. The highest BCUT2D eigenvalue weighted by molar-refractivity contribution is 7.98. The van der Waals surface area contributed by atoms with Gasteiger partial charge in [-0.1, -0.05) is 36.4 Å². The Hall–Kier alpha value is -2.61. The Labute approximate surface area is 153 Å². The van der Waals surface area contributed by atoms with E-state index < -0.39 is 29.7 Å². The Morgan fingerprint density at radius 1 is 1.08 bits per heavy atom. The molecule has 0 saturated heterocycles. The summed E-state index contributed by atoms with van der Waals surface area (Å²) in [7, 11) is 0. The lowest BCUT2D eigenvalue weighted by molar-refractivity contribution is -0.138. The molecule has 26 heavy (non-hydrogen) atoms. The van der Waals surface area contributed by atoms with Gasteiger partial charge in [-0.3, -0.25) is 0 Å². The molecule has 0 saturated carbocycles. The Balaban J connectivity index is 1.82. The van der Waals surface area contributed by atoms with Crippen molar-refractivity contribution in [3.63, 3.8) is 0 Å². The van der Waals surface area contributed by atoms with Gasteiger partial charge < -0.3 is 15.2 Å². The first-order valence-corrected chi connectivity index (χ1v) is 8.83. The molecule has 1 unspecified atom stereocenters. The third-order valence-corrected chi connectivity index (χ3v) is 4.46. The van der Waals surface area contributed by atoms with Crippen molar-refractivity contribution in [1.29, 1.82) is 0 Å². The fourth-order valence-electron chi connectivity index (χ4n) is 2.03. The molecular formula is C18H17F2NO4S. The van der Waals surface area contributed by atoms with Crippen LogP contribution in [-0.2, 0) is 21.9 Å². The number of hydrogen-bond donors (Lipinski definition) is 2. The molecule has 0 fully saturated rings. The molecule has 0 bridgehead atoms. The number of carbonyl (C=O) groups excluding carboxylic acids is 1. The van der Waals surface area contributed by atoms with Crippen LogP contribution in [0.5, 0.6) is 0 Å². The number of carboxylic acid groups (broad SMARTS) is 1. The van der Waals surface area contributed by atoms with E-state index in [1.165, 1.54) is 6.07 Å². The van der Waals surface area contributed by atoms with E-state index in [2.05, 4.69) is 5.32 Å². The molecule has 0 aliphatic rings. The van der Waals surface area contributed by atoms with Gasteiger partial charge in [-0.15, -0.1) is 0 Å². The molecule has 0 aliphatic carbocycles. The average Bonchev–Trinajstić information content (AvgIpc) is 2.62. The Kier molecular flexibility index (Phi) is 7.40. The highest BCUT2D eigenvalue weighted by Crippen LogP contribution is 2.19. The Morgan fingerprint density at radius 2 is 1.73 bits per heavy atom. The van der Waals surface area contributed by atoms with Crippen molar-refractivity contribution < 1.29 is 28.2 Å². The number of amides is 1. The second-order valence-corrected chi connectivity index (χ2v) is 6.34. The number of carboxylic acids is 1. The van der Waals surface area contributed by atoms with Crippen LogP contribution in [0.15, 0.2) is 48.5 Å². The van der Waals surface area contributed by atoms with Crippen molar-refractivity contribution in [3.8, 4) is 0 Å². The molecule has 2 rings (SSSR count). The van der Waals surface area contributed by atoms with Gasteiger partial charge in [0.05, 0.1) is 0 Å². The SMILES string of the molecule is O=C(NC(CSCc1c(F)cccc1F)C(=O)O)OCc1ccccc1. The van der Waals surface area contributed by atoms with Crippen molar-refractivity contribution in [2.75, 3.05) is 5.75 Å². The van der Waals surface area contributed by atoms with Gasteiger partial charge in [0, 0.05) is 17.1 Å². The van der Waals surface area contributed by atoms with Crippen molar-refractivity contribution in [3.05, 3.63) is 71.3 Å². The standard InChI is InChI=1S/C18H17F2NO4S/c19-14-7-4-8-15(20)13(14)10-26-11-16(17(22)23)21-18(24)25-9-12-5-2-1-3-6-12/h1-8,16H,9-11H2,(H,21,24)(H,22,23). The fourth-order valence-corrected chi connectivity index (χ4v) is 3.09. The summed E-state index contributed by atoms with van der Waals surface area (Å²) in [5.74, 6) is -2.77. The first-order valence-electron chi connectivity index (χ1n) is 7.68. The average molecular weight is 381 g/mol. The quantitative estimate of drug-likeness (QED) is 0.731. The van der Waals surface area contributed by atoms with Gasteiger partial charge in [0.1, 0.15) is 24.3 Å². The summed E-state index contributed by atoms with van der Waals surface area (Å²) in [6.45, 7) is 0.00654. The number of thioether (sulfide) groups is 1. The van der Waals surface area contributed by atoms with Gasteiger partial charge in [-0.25, -0.2) is 18.4 Å². The van der Waals surface area contributed by atoms with Gasteiger partial charge >= 0.3 is 12.1 Å². The summed E-state index contributed by atoms with van der Waals surface area (Å²) in [5.41, 5.74) is 0.632. The number of halogens is 2. The molecule has 0 spiro atoms. The zero-order valence-corrected chi connectivity index (χ0v) is 14.5. The van der Waals surface area contributed by atoms with Crippen LogP contribution in [0.3, 0.4) is 0 Å². The third kappa shape index (κ3) is 6.03. The molecule has 5 nitrogen and oxygen atoms in total. The van der Waals surface area contributed by atoms with Crippen molar-refractivity contribution in [2.24, 2.45) is 0 Å². The van der Waals surface area contributed by atoms with Crippen LogP contribution in [0.1, 0.15) is 11.1 Å². The third-order valence-electron chi connectivity index (χ3n) is 3.40. The van der Waals surface area contributed by atoms with E-state index in [-0.39, 0.29) is 23.7 Å². The van der Waals surface area contributed by atoms with Crippen LogP contribution in [0.2, 0.25) is 0 Å². The van der Waals surface area contributed by atoms with Gasteiger partial charge in [-0.05, 0) is 17.7 Å². The summed E-state index contributed by atoms with van der Waals surface area (Å²) in [4.78, 5) is 23.0. The molecule has 2 N–H and O–H groups in total. The number of carbonyl (C=O) groups is 2. The van der Waals surface area contributed by atoms with Crippen LogP contribution in [-0.4, -0.2) is 29.0 Å². The van der Waals surface area contributed by atoms with Gasteiger partial charge in [0.15, 0.2) is 0 Å². The predicted octanol–water partition coefficient (Wildman–Crippen LogP) is 3.58. The molecule has 0 aliphatic heterocycles. The highest BCUT2D eigenvalue weighted by Gasteiger charge is 2.21. The van der Waals surface area contributed by atoms with E-state index in [0.717, 1.165) is 29.5 Å². The molecule has 0 aromatic heterocycles. The van der Waals surface area contributed by atoms with Gasteiger partial charge in [0.25, 0.3) is 0 Å². The largest absolute Gasteiger partial charge is 0.480 e. The second-order valence-electron chi connectivity index (χ2n) is 5.31. The Morgan fingerprint density at radius 3 is 2.35 bits per heavy atom. The number of nitrogens with one attached hydrogen (secondary N) is 1. The molecule has 1 amide bonds. The molecular weight excluding hydrogens is 364 g/mol. The van der Waals surface area contributed by atoms with Crippen molar-refractivity contribution >= 4 is 23.8 Å². The summed E-state index contributed by atoms with van der Waals surface area (Å²) < 4.78 is 32.1. The van der Waals surface area contributed by atoms with E-state index in [0.29, 0.717) is 0 Å². The number of aliphatic carboxylic acids is 1. The summed E-state index contributed by atoms with van der Waals surface area (Å²) in [6, 6.07) is 11.2. The molecule has 8 heteroatoms. The number of benzene rings is 2. The molecule has 0 radical (unpaired) electrons. The first kappa shape index (κ1) is 19.7. The minimum absolute atomic E-state index is 0.00654. The van der Waals surface area contributed by atoms with E-state index in [9.17, 15) is 23.5 Å². The highest BCUT2D eigenvalue weighted by atomic mass is 32.2. The van der Waals surface area contributed by atoms with E-state index >= 15 is 0 Å². The monoisotopic (exact) mass is 381 g/mol. The smallest absolute Gasteiger partial charge is 0.408 e. The molecule has 2 aromatic rings. The molecule has 2 aromatic carbocycles. The van der Waals surface area contributed by atoms with Crippen LogP contribution in [0.25, 0.3) is 0 Å². The topological polar surface area (TPSA) is 75.6 Å². The fraction of sp³-hybridized carbons (Fsp3) is 0.222. The predicted molar refractivity (Wildman–Crippen MR) is 93.7 cm³/mol. The van der Waals surface area contributed by atoms with Gasteiger partial charge in [-0.2, -0.15) is 11.8 Å². The lowest BCUT2D eigenvalue weighted by Crippen LogP contribution is -2.42. The lowest BCUT2D eigenvalue weighted by atomic mass is 10.2. The molecule has 1 atom stereocenters. The van der Waals surface area contributed by atoms with E-state index in [4.69, 9.17) is 4.74 Å². The molecule has 0 heterocycles. The number of rotatable bonds is 8. The minimum atomic E-state index is -1.26. The van der Waals surface area contributed by atoms with E-state index in [1.54, 1.807) is 24.3 Å². The van der Waals surface area contributed by atoms with Crippen molar-refractivity contribution in [1.82, 2.24) is 5.32 Å². The van der Waals surface area contributed by atoms with Crippen LogP contribution < -0.4 is 5.32 Å². The number of hydrogen-bond acceptors (Lipinski definition) is 4. The van der Waals surface area contributed by atoms with Crippen molar-refractivity contribution in [2.45, 2.75) is 18.4 Å². The normalized spacial score (nSPS) is 11.6. The summed E-state index contributed by atoms with van der Waals surface area (Å²) in [5, 5.41) is 11.4. The zero-order chi connectivity index (χ0) is 18.9. The van der Waals surface area contributed by atoms with Crippen LogP contribution in [0.4, 0.5) is 13.6 Å². The number of alkyl carbamates (subject to hydrolysis) is 1. The van der Waals surface area contributed by atoms with E-state index in [1.807, 2.05) is 6.07 Å². The lowest BCUT2D eigenvalue weighted by Gasteiger charge is -2.14. The van der Waals surface area contributed by atoms with Crippen LogP contribution >= 0.6 is 11.8 Å². The Bertz CT molecular complexity index is 738. The second kappa shape index (κ2) is 9.76. The maximum Gasteiger partial charge on any atom is 0.408 e. The summed E-state index contributed by atoms with van der Waals surface area (Å²) >= 11 is 0.996. The maximum absolute atomic E-state index is 13.5.